The van der Waals surface area contributed by atoms with Crippen molar-refractivity contribution in [2.24, 2.45) is 0 Å². The standard InChI is InChI=1S/C14H19N3O2/c1-17-10-12(9-13(17)18)16-14(19)15-8-7-11-5-3-2-4-6-11/h2-6,12H,7-10H2,1H3,(H2,15,16,19)/t12-/m1/s1. The van der Waals surface area contributed by atoms with Gasteiger partial charge in [-0.1, -0.05) is 30.3 Å². The molecule has 0 bridgehead atoms. The van der Waals surface area contributed by atoms with E-state index in [-0.39, 0.29) is 18.0 Å². The minimum Gasteiger partial charge on any atom is -0.344 e. The molecule has 0 saturated carbocycles. The summed E-state index contributed by atoms with van der Waals surface area (Å²) in [5.41, 5.74) is 1.19. The summed E-state index contributed by atoms with van der Waals surface area (Å²) in [6, 6.07) is 9.72. The van der Waals surface area contributed by atoms with E-state index in [1.807, 2.05) is 30.3 Å². The van der Waals surface area contributed by atoms with Crippen LogP contribution < -0.4 is 10.6 Å². The fourth-order valence-electron chi connectivity index (χ4n) is 2.16. The number of amides is 3. The van der Waals surface area contributed by atoms with Crippen molar-refractivity contribution in [2.45, 2.75) is 18.9 Å². The van der Waals surface area contributed by atoms with Crippen LogP contribution in [0.15, 0.2) is 30.3 Å². The first kappa shape index (κ1) is 13.4. The molecule has 1 aliphatic heterocycles. The Balaban J connectivity index is 1.67. The van der Waals surface area contributed by atoms with Gasteiger partial charge in [-0.15, -0.1) is 0 Å². The highest BCUT2D eigenvalue weighted by molar-refractivity contribution is 5.81. The zero-order valence-corrected chi connectivity index (χ0v) is 11.1. The predicted molar refractivity (Wildman–Crippen MR) is 72.7 cm³/mol. The average molecular weight is 261 g/mol. The van der Waals surface area contributed by atoms with Crippen LogP contribution in [0, 0.1) is 0 Å². The monoisotopic (exact) mass is 261 g/mol. The quantitative estimate of drug-likeness (QED) is 0.840. The Hall–Kier alpha value is -2.04. The van der Waals surface area contributed by atoms with Gasteiger partial charge in [0.25, 0.3) is 0 Å². The highest BCUT2D eigenvalue weighted by Crippen LogP contribution is 2.07. The van der Waals surface area contributed by atoms with Crippen LogP contribution in [0.25, 0.3) is 0 Å². The van der Waals surface area contributed by atoms with Gasteiger partial charge in [0.15, 0.2) is 0 Å². The number of likely N-dealkylation sites (tertiary alicyclic amines) is 1. The summed E-state index contributed by atoms with van der Waals surface area (Å²) in [6.07, 6.45) is 1.19. The van der Waals surface area contributed by atoms with Gasteiger partial charge in [0.05, 0.1) is 6.04 Å². The average Bonchev–Trinajstić information content (AvgIpc) is 2.69. The van der Waals surface area contributed by atoms with Gasteiger partial charge in [0.2, 0.25) is 5.91 Å². The summed E-state index contributed by atoms with van der Waals surface area (Å²) in [6.45, 7) is 1.18. The molecule has 0 aliphatic carbocycles. The van der Waals surface area contributed by atoms with Crippen LogP contribution in [-0.2, 0) is 11.2 Å². The molecule has 2 rings (SSSR count). The number of rotatable bonds is 4. The van der Waals surface area contributed by atoms with Gasteiger partial charge in [-0.3, -0.25) is 4.79 Å². The summed E-state index contributed by atoms with van der Waals surface area (Å²) >= 11 is 0. The molecule has 5 nitrogen and oxygen atoms in total. The molecule has 0 unspecified atom stereocenters. The molecule has 1 saturated heterocycles. The van der Waals surface area contributed by atoms with Crippen molar-refractivity contribution in [2.75, 3.05) is 20.1 Å². The lowest BCUT2D eigenvalue weighted by molar-refractivity contribution is -0.126. The van der Waals surface area contributed by atoms with Crippen molar-refractivity contribution in [3.8, 4) is 0 Å². The highest BCUT2D eigenvalue weighted by Gasteiger charge is 2.27. The van der Waals surface area contributed by atoms with Gasteiger partial charge in [-0.05, 0) is 12.0 Å². The van der Waals surface area contributed by atoms with Gasteiger partial charge in [0, 0.05) is 26.6 Å². The number of urea groups is 1. The second-order valence-corrected chi connectivity index (χ2v) is 4.81. The van der Waals surface area contributed by atoms with Crippen LogP contribution in [0.3, 0.4) is 0 Å². The molecular weight excluding hydrogens is 242 g/mol. The molecule has 1 atom stereocenters. The van der Waals surface area contributed by atoms with E-state index in [2.05, 4.69) is 10.6 Å². The van der Waals surface area contributed by atoms with Gasteiger partial charge < -0.3 is 15.5 Å². The van der Waals surface area contributed by atoms with Crippen molar-refractivity contribution in [1.29, 1.82) is 0 Å². The zero-order valence-electron chi connectivity index (χ0n) is 11.1. The highest BCUT2D eigenvalue weighted by atomic mass is 16.2. The van der Waals surface area contributed by atoms with Crippen molar-refractivity contribution < 1.29 is 9.59 Å². The second kappa shape index (κ2) is 6.22. The number of likely N-dealkylation sites (N-methyl/N-ethyl adjacent to an activating group) is 1. The molecule has 19 heavy (non-hydrogen) atoms. The Morgan fingerprint density at radius 2 is 2.11 bits per heavy atom. The van der Waals surface area contributed by atoms with E-state index in [0.29, 0.717) is 19.5 Å². The van der Waals surface area contributed by atoms with E-state index in [1.165, 1.54) is 5.56 Å². The minimum absolute atomic E-state index is 0.0748. The molecule has 5 heteroatoms. The number of nitrogens with zero attached hydrogens (tertiary/aromatic N) is 1. The third-order valence-electron chi connectivity index (χ3n) is 3.22. The molecular formula is C14H19N3O2. The molecule has 2 N–H and O–H groups in total. The lowest BCUT2D eigenvalue weighted by atomic mass is 10.1. The molecule has 3 amide bonds. The smallest absolute Gasteiger partial charge is 0.315 e. The molecule has 1 aromatic rings. The van der Waals surface area contributed by atoms with Gasteiger partial charge >= 0.3 is 6.03 Å². The topological polar surface area (TPSA) is 61.4 Å². The Bertz CT molecular complexity index is 447. The van der Waals surface area contributed by atoms with Crippen LogP contribution in [0.2, 0.25) is 0 Å². The zero-order chi connectivity index (χ0) is 13.7. The molecule has 0 spiro atoms. The number of carbonyl (C=O) groups excluding carboxylic acids is 2. The number of hydrogen-bond donors (Lipinski definition) is 2. The number of nitrogens with one attached hydrogen (secondary N) is 2. The van der Waals surface area contributed by atoms with Crippen molar-refractivity contribution in [1.82, 2.24) is 15.5 Å². The molecule has 1 heterocycles. The Kier molecular flexibility index (Phi) is 4.39. The van der Waals surface area contributed by atoms with Crippen LogP contribution in [0.4, 0.5) is 4.79 Å². The first-order chi connectivity index (χ1) is 9.15. The molecule has 1 aliphatic rings. The van der Waals surface area contributed by atoms with Crippen LogP contribution in [0.1, 0.15) is 12.0 Å². The Morgan fingerprint density at radius 1 is 1.37 bits per heavy atom. The third-order valence-corrected chi connectivity index (χ3v) is 3.22. The minimum atomic E-state index is -0.205. The first-order valence-electron chi connectivity index (χ1n) is 6.47. The van der Waals surface area contributed by atoms with E-state index >= 15 is 0 Å². The van der Waals surface area contributed by atoms with Gasteiger partial charge in [-0.2, -0.15) is 0 Å². The maximum atomic E-state index is 11.7. The van der Waals surface area contributed by atoms with Crippen LogP contribution in [-0.4, -0.2) is 43.0 Å². The number of carbonyl (C=O) groups is 2. The maximum Gasteiger partial charge on any atom is 0.315 e. The number of hydrogen-bond acceptors (Lipinski definition) is 2. The lowest BCUT2D eigenvalue weighted by Gasteiger charge is -2.13. The normalized spacial score (nSPS) is 18.5. The molecule has 0 radical (unpaired) electrons. The fourth-order valence-corrected chi connectivity index (χ4v) is 2.16. The van der Waals surface area contributed by atoms with E-state index in [1.54, 1.807) is 11.9 Å². The van der Waals surface area contributed by atoms with Crippen molar-refractivity contribution in [3.05, 3.63) is 35.9 Å². The van der Waals surface area contributed by atoms with E-state index < -0.39 is 0 Å². The van der Waals surface area contributed by atoms with E-state index in [9.17, 15) is 9.59 Å². The van der Waals surface area contributed by atoms with Gasteiger partial charge in [-0.25, -0.2) is 4.79 Å². The lowest BCUT2D eigenvalue weighted by Crippen LogP contribution is -2.43. The predicted octanol–water partition coefficient (Wildman–Crippen LogP) is 0.759. The second-order valence-electron chi connectivity index (χ2n) is 4.81. The molecule has 0 aromatic heterocycles. The SMILES string of the molecule is CN1C[C@H](NC(=O)NCCc2ccccc2)CC1=O. The summed E-state index contributed by atoms with van der Waals surface area (Å²) in [7, 11) is 1.75. The van der Waals surface area contributed by atoms with Crippen LogP contribution >= 0.6 is 0 Å². The Morgan fingerprint density at radius 3 is 2.74 bits per heavy atom. The summed E-state index contributed by atoms with van der Waals surface area (Å²) < 4.78 is 0. The Labute approximate surface area is 113 Å². The van der Waals surface area contributed by atoms with Crippen LogP contribution in [0.5, 0.6) is 0 Å². The first-order valence-corrected chi connectivity index (χ1v) is 6.47. The maximum absolute atomic E-state index is 11.7. The van der Waals surface area contributed by atoms with Gasteiger partial charge in [0.1, 0.15) is 0 Å². The summed E-state index contributed by atoms with van der Waals surface area (Å²) in [5, 5.41) is 5.62. The summed E-state index contributed by atoms with van der Waals surface area (Å²) in [5.74, 6) is 0.0783. The van der Waals surface area contributed by atoms with E-state index in [4.69, 9.17) is 0 Å². The van der Waals surface area contributed by atoms with E-state index in [0.717, 1.165) is 6.42 Å². The number of benzene rings is 1. The molecule has 1 aromatic carbocycles. The largest absolute Gasteiger partial charge is 0.344 e. The molecule has 1 fully saturated rings. The summed E-state index contributed by atoms with van der Waals surface area (Å²) in [4.78, 5) is 24.6. The van der Waals surface area contributed by atoms with Crippen molar-refractivity contribution >= 4 is 11.9 Å². The molecule has 102 valence electrons. The van der Waals surface area contributed by atoms with Crippen molar-refractivity contribution in [3.63, 3.8) is 0 Å². The third kappa shape index (κ3) is 3.98. The fraction of sp³-hybridized carbons (Fsp3) is 0.429.